The first kappa shape index (κ1) is 16.5. The van der Waals surface area contributed by atoms with Crippen molar-refractivity contribution in [3.63, 3.8) is 0 Å². The van der Waals surface area contributed by atoms with Crippen molar-refractivity contribution in [2.24, 2.45) is 5.92 Å². The predicted molar refractivity (Wildman–Crippen MR) is 83.8 cm³/mol. The predicted octanol–water partition coefficient (Wildman–Crippen LogP) is 2.13. The fraction of sp³-hybridized carbons (Fsp3) is 0.389. The van der Waals surface area contributed by atoms with Gasteiger partial charge in [0.15, 0.2) is 11.6 Å². The van der Waals surface area contributed by atoms with E-state index in [1.54, 1.807) is 23.1 Å². The fourth-order valence-corrected chi connectivity index (χ4v) is 3.11. The third kappa shape index (κ3) is 3.43. The van der Waals surface area contributed by atoms with Crippen LogP contribution in [0.25, 0.3) is 0 Å². The van der Waals surface area contributed by atoms with Gasteiger partial charge in [-0.25, -0.2) is 9.18 Å². The highest BCUT2D eigenvalue weighted by Gasteiger charge is 2.41. The van der Waals surface area contributed by atoms with E-state index in [0.29, 0.717) is 12.1 Å². The number of hydrogen-bond acceptors (Lipinski definition) is 4. The zero-order valence-corrected chi connectivity index (χ0v) is 13.1. The summed E-state index contributed by atoms with van der Waals surface area (Å²) in [5, 5.41) is 8.90. The number of halogens is 1. The molecule has 126 valence electrons. The molecule has 24 heavy (non-hydrogen) atoms. The van der Waals surface area contributed by atoms with E-state index in [1.165, 1.54) is 6.07 Å². The molecule has 6 heteroatoms. The highest BCUT2D eigenvalue weighted by atomic mass is 19.1. The summed E-state index contributed by atoms with van der Waals surface area (Å²) < 4.78 is 14.3. The van der Waals surface area contributed by atoms with Crippen molar-refractivity contribution in [1.82, 2.24) is 4.90 Å². The van der Waals surface area contributed by atoms with Crippen molar-refractivity contribution in [2.45, 2.75) is 25.3 Å². The molecule has 1 atom stereocenters. The molecule has 1 heterocycles. The van der Waals surface area contributed by atoms with Gasteiger partial charge in [-0.15, -0.1) is 0 Å². The van der Waals surface area contributed by atoms with Crippen LogP contribution >= 0.6 is 0 Å². The van der Waals surface area contributed by atoms with Crippen LogP contribution in [0.4, 0.5) is 4.39 Å². The van der Waals surface area contributed by atoms with Crippen molar-refractivity contribution in [2.75, 3.05) is 13.1 Å². The molecule has 2 aliphatic rings. The van der Waals surface area contributed by atoms with Gasteiger partial charge >= 0.3 is 5.97 Å². The second-order valence-corrected chi connectivity index (χ2v) is 6.25. The Hall–Kier alpha value is -2.34. The number of carbonyl (C=O) groups is 3. The summed E-state index contributed by atoms with van der Waals surface area (Å²) in [4.78, 5) is 37.2. The zero-order valence-electron chi connectivity index (χ0n) is 13.1. The number of rotatable bonds is 5. The number of carboxylic acids is 1. The quantitative estimate of drug-likeness (QED) is 0.837. The highest BCUT2D eigenvalue weighted by Crippen LogP contribution is 2.38. The van der Waals surface area contributed by atoms with Gasteiger partial charge in [0.05, 0.1) is 6.04 Å². The summed E-state index contributed by atoms with van der Waals surface area (Å²) in [6, 6.07) is 5.36. The van der Waals surface area contributed by atoms with E-state index in [1.807, 2.05) is 0 Å². The van der Waals surface area contributed by atoms with Crippen molar-refractivity contribution in [3.8, 4) is 0 Å². The van der Waals surface area contributed by atoms with Crippen LogP contribution in [-0.4, -0.2) is 40.6 Å². The first-order valence-electron chi connectivity index (χ1n) is 7.96. The molecule has 0 spiro atoms. The van der Waals surface area contributed by atoms with Crippen LogP contribution in [-0.2, 0) is 14.4 Å². The summed E-state index contributed by atoms with van der Waals surface area (Å²) in [5.74, 6) is -2.02. The number of likely N-dealkylation sites (tertiary alicyclic amines) is 1. The topological polar surface area (TPSA) is 74.7 Å². The number of nitrogens with zero attached hydrogens (tertiary/aromatic N) is 1. The molecule has 1 N–H and O–H groups in total. The maximum Gasteiger partial charge on any atom is 0.328 e. The maximum absolute atomic E-state index is 14.3. The molecule has 1 unspecified atom stereocenters. The van der Waals surface area contributed by atoms with Crippen LogP contribution in [0.15, 0.2) is 35.9 Å². The van der Waals surface area contributed by atoms with E-state index in [4.69, 9.17) is 5.11 Å². The molecule has 1 aliphatic heterocycles. The molecule has 5 nitrogen and oxygen atoms in total. The normalized spacial score (nSPS) is 21.7. The van der Waals surface area contributed by atoms with Gasteiger partial charge in [0, 0.05) is 42.6 Å². The molecule has 0 aromatic heterocycles. The average Bonchev–Trinajstić information content (AvgIpc) is 3.36. The van der Waals surface area contributed by atoms with Crippen LogP contribution < -0.4 is 0 Å². The van der Waals surface area contributed by atoms with Crippen molar-refractivity contribution < 1.29 is 23.9 Å². The third-order valence-electron chi connectivity index (χ3n) is 4.47. The molecule has 0 bridgehead atoms. The Morgan fingerprint density at radius 1 is 1.29 bits per heavy atom. The zero-order chi connectivity index (χ0) is 17.3. The Bertz CT molecular complexity index is 723. The van der Waals surface area contributed by atoms with Crippen LogP contribution in [0.2, 0.25) is 0 Å². The smallest absolute Gasteiger partial charge is 0.328 e. The second kappa shape index (κ2) is 6.65. The van der Waals surface area contributed by atoms with E-state index in [2.05, 4.69) is 0 Å². The number of carbonyl (C=O) groups excluding carboxylic acids is 2. The number of carboxylic acid groups (broad SMARTS) is 1. The van der Waals surface area contributed by atoms with Gasteiger partial charge in [0.1, 0.15) is 5.82 Å². The Balaban J connectivity index is 1.94. The Labute approximate surface area is 138 Å². The molecular formula is C18H18FNO4. The standard InChI is InChI=1S/C18H18FNO4/c19-14-4-2-1-3-13(14)17(18(24)11-5-6-11)20-8-7-15(21)12(10-20)9-16(22)23/h1-4,9,11,17H,5-8,10H2,(H,22,23). The number of piperidine rings is 1. The highest BCUT2D eigenvalue weighted by molar-refractivity contribution is 6.01. The SMILES string of the molecule is O=C(O)C=C1CN(C(C(=O)C2CC2)c2ccccc2F)CCC1=O. The van der Waals surface area contributed by atoms with Gasteiger partial charge in [0.25, 0.3) is 0 Å². The molecule has 1 saturated heterocycles. The summed E-state index contributed by atoms with van der Waals surface area (Å²) in [7, 11) is 0. The van der Waals surface area contributed by atoms with Gasteiger partial charge in [-0.1, -0.05) is 18.2 Å². The lowest BCUT2D eigenvalue weighted by molar-refractivity contribution is -0.132. The number of aliphatic carboxylic acids is 1. The summed E-state index contributed by atoms with van der Waals surface area (Å²) >= 11 is 0. The largest absolute Gasteiger partial charge is 0.478 e. The van der Waals surface area contributed by atoms with Gasteiger partial charge < -0.3 is 5.11 Å². The molecular weight excluding hydrogens is 313 g/mol. The number of benzene rings is 1. The van der Waals surface area contributed by atoms with Crippen LogP contribution in [0.5, 0.6) is 0 Å². The number of Topliss-reactive ketones (excluding diaryl/α,β-unsaturated/α-hetero) is 2. The van der Waals surface area contributed by atoms with Crippen molar-refractivity contribution >= 4 is 17.5 Å². The minimum absolute atomic E-state index is 0.0442. The molecule has 3 rings (SSSR count). The number of ketones is 2. The van der Waals surface area contributed by atoms with Crippen LogP contribution in [0.1, 0.15) is 30.9 Å². The summed E-state index contributed by atoms with van der Waals surface area (Å²) in [6.45, 7) is 0.357. The minimum atomic E-state index is -1.20. The summed E-state index contributed by atoms with van der Waals surface area (Å²) in [6.07, 6.45) is 2.61. The van der Waals surface area contributed by atoms with Gasteiger partial charge in [0.2, 0.25) is 0 Å². The first-order chi connectivity index (χ1) is 11.5. The van der Waals surface area contributed by atoms with Gasteiger partial charge in [-0.3, -0.25) is 14.5 Å². The second-order valence-electron chi connectivity index (χ2n) is 6.25. The Morgan fingerprint density at radius 3 is 2.62 bits per heavy atom. The van der Waals surface area contributed by atoms with Crippen molar-refractivity contribution in [3.05, 3.63) is 47.3 Å². The molecule has 0 amide bonds. The molecule has 2 fully saturated rings. The van der Waals surface area contributed by atoms with E-state index in [0.717, 1.165) is 18.9 Å². The minimum Gasteiger partial charge on any atom is -0.478 e. The molecule has 0 radical (unpaired) electrons. The van der Waals surface area contributed by atoms with Gasteiger partial charge in [-0.05, 0) is 18.9 Å². The van der Waals surface area contributed by atoms with E-state index >= 15 is 0 Å². The molecule has 1 aromatic rings. The van der Waals surface area contributed by atoms with E-state index in [-0.39, 0.29) is 36.0 Å². The molecule has 1 aromatic carbocycles. The average molecular weight is 331 g/mol. The van der Waals surface area contributed by atoms with Gasteiger partial charge in [-0.2, -0.15) is 0 Å². The molecule has 1 aliphatic carbocycles. The first-order valence-corrected chi connectivity index (χ1v) is 7.96. The molecule has 1 saturated carbocycles. The lowest BCUT2D eigenvalue weighted by Crippen LogP contribution is -2.42. The van der Waals surface area contributed by atoms with Crippen LogP contribution in [0.3, 0.4) is 0 Å². The Morgan fingerprint density at radius 2 is 2.00 bits per heavy atom. The lowest BCUT2D eigenvalue weighted by Gasteiger charge is -2.34. The van der Waals surface area contributed by atoms with Crippen LogP contribution in [0, 0.1) is 11.7 Å². The van der Waals surface area contributed by atoms with Crippen molar-refractivity contribution in [1.29, 1.82) is 0 Å². The Kier molecular flexibility index (Phi) is 4.57. The monoisotopic (exact) mass is 331 g/mol. The fourth-order valence-electron chi connectivity index (χ4n) is 3.11. The number of hydrogen-bond donors (Lipinski definition) is 1. The van der Waals surface area contributed by atoms with E-state index < -0.39 is 17.8 Å². The third-order valence-corrected chi connectivity index (χ3v) is 4.47. The van der Waals surface area contributed by atoms with E-state index in [9.17, 15) is 18.8 Å². The maximum atomic E-state index is 14.3. The summed E-state index contributed by atoms with van der Waals surface area (Å²) in [5.41, 5.74) is 0.442. The lowest BCUT2D eigenvalue weighted by atomic mass is 9.93.